The Balaban J connectivity index is 1.76. The molecule has 2 N–H and O–H groups in total. The van der Waals surface area contributed by atoms with Gasteiger partial charge in [-0.2, -0.15) is 0 Å². The predicted molar refractivity (Wildman–Crippen MR) is 74.0 cm³/mol. The molecule has 0 spiro atoms. The minimum Gasteiger partial charge on any atom is -0.325 e. The normalized spacial score (nSPS) is 16.5. The number of anilines is 1. The van der Waals surface area contributed by atoms with Crippen molar-refractivity contribution in [3.63, 3.8) is 0 Å². The van der Waals surface area contributed by atoms with Crippen LogP contribution in [-0.4, -0.2) is 43.5 Å². The van der Waals surface area contributed by atoms with E-state index in [1.165, 1.54) is 0 Å². The lowest BCUT2D eigenvalue weighted by atomic mass is 10.3. The summed E-state index contributed by atoms with van der Waals surface area (Å²) in [5, 5.41) is 6.70. The number of para-hydroxylation sites is 1. The fourth-order valence-corrected chi connectivity index (χ4v) is 2.15. The van der Waals surface area contributed by atoms with Crippen LogP contribution in [0, 0.1) is 0 Å². The van der Waals surface area contributed by atoms with E-state index in [-0.39, 0.29) is 5.91 Å². The topological polar surface area (TPSA) is 44.4 Å². The Morgan fingerprint density at radius 1 is 1.33 bits per heavy atom. The van der Waals surface area contributed by atoms with Crippen LogP contribution in [0.4, 0.5) is 5.69 Å². The number of rotatable bonds is 4. The lowest BCUT2D eigenvalue weighted by Crippen LogP contribution is -2.44. The first-order chi connectivity index (χ1) is 8.75. The number of nitrogens with one attached hydrogen (secondary N) is 2. The summed E-state index contributed by atoms with van der Waals surface area (Å²) < 4.78 is 0. The molecule has 98 valence electrons. The quantitative estimate of drug-likeness (QED) is 0.871. The Labute approximate surface area is 112 Å². The van der Waals surface area contributed by atoms with Crippen LogP contribution in [0.15, 0.2) is 24.3 Å². The van der Waals surface area contributed by atoms with Crippen molar-refractivity contribution in [3.05, 3.63) is 29.3 Å². The van der Waals surface area contributed by atoms with Crippen molar-refractivity contribution in [1.29, 1.82) is 0 Å². The van der Waals surface area contributed by atoms with E-state index in [1.807, 2.05) is 18.2 Å². The van der Waals surface area contributed by atoms with E-state index in [9.17, 15) is 4.79 Å². The van der Waals surface area contributed by atoms with Crippen LogP contribution in [0.25, 0.3) is 0 Å². The van der Waals surface area contributed by atoms with Gasteiger partial charge in [-0.25, -0.2) is 0 Å². The number of amides is 1. The zero-order valence-electron chi connectivity index (χ0n) is 10.3. The van der Waals surface area contributed by atoms with Gasteiger partial charge < -0.3 is 15.5 Å². The molecule has 1 saturated heterocycles. The molecule has 1 aromatic rings. The smallest absolute Gasteiger partial charge is 0.225 e. The van der Waals surface area contributed by atoms with Crippen LogP contribution in [0.3, 0.4) is 0 Å². The van der Waals surface area contributed by atoms with E-state index in [0.717, 1.165) is 32.7 Å². The standard InChI is InChI=1S/C13H18ClN3O/c14-11-3-1-2-4-12(11)16-13(18)5-8-17-9-6-15-7-10-17/h1-4,15H,5-10H2,(H,16,18). The summed E-state index contributed by atoms with van der Waals surface area (Å²) >= 11 is 5.98. The predicted octanol–water partition coefficient (Wildman–Crippen LogP) is 1.57. The highest BCUT2D eigenvalue weighted by molar-refractivity contribution is 6.33. The largest absolute Gasteiger partial charge is 0.325 e. The first-order valence-electron chi connectivity index (χ1n) is 6.23. The molecule has 1 fully saturated rings. The molecule has 18 heavy (non-hydrogen) atoms. The van der Waals surface area contributed by atoms with Gasteiger partial charge in [0.05, 0.1) is 10.7 Å². The minimum atomic E-state index is 0.0154. The van der Waals surface area contributed by atoms with E-state index < -0.39 is 0 Å². The second-order valence-corrected chi connectivity index (χ2v) is 4.78. The Morgan fingerprint density at radius 2 is 2.06 bits per heavy atom. The van der Waals surface area contributed by atoms with Gasteiger partial charge in [0.2, 0.25) is 5.91 Å². The summed E-state index contributed by atoms with van der Waals surface area (Å²) in [6.45, 7) is 4.84. The molecule has 1 heterocycles. The van der Waals surface area contributed by atoms with Crippen molar-refractivity contribution in [2.45, 2.75) is 6.42 Å². The number of piperazine rings is 1. The molecule has 0 unspecified atom stereocenters. The Kier molecular flexibility index (Phi) is 4.99. The number of hydrogen-bond donors (Lipinski definition) is 2. The van der Waals surface area contributed by atoms with Crippen LogP contribution in [-0.2, 0) is 4.79 Å². The molecule has 0 aromatic heterocycles. The van der Waals surface area contributed by atoms with Crippen molar-refractivity contribution in [2.75, 3.05) is 38.0 Å². The van der Waals surface area contributed by atoms with Gasteiger partial charge in [0.1, 0.15) is 0 Å². The van der Waals surface area contributed by atoms with Gasteiger partial charge in [-0.3, -0.25) is 4.79 Å². The molecule has 0 atom stereocenters. The van der Waals surface area contributed by atoms with Crippen LogP contribution in [0.5, 0.6) is 0 Å². The zero-order chi connectivity index (χ0) is 12.8. The summed E-state index contributed by atoms with van der Waals surface area (Å²) in [5.41, 5.74) is 0.685. The molecular weight excluding hydrogens is 250 g/mol. The molecule has 0 radical (unpaired) electrons. The van der Waals surface area contributed by atoms with E-state index >= 15 is 0 Å². The number of hydrogen-bond acceptors (Lipinski definition) is 3. The summed E-state index contributed by atoms with van der Waals surface area (Å²) in [4.78, 5) is 14.1. The summed E-state index contributed by atoms with van der Waals surface area (Å²) in [7, 11) is 0. The maximum Gasteiger partial charge on any atom is 0.225 e. The van der Waals surface area contributed by atoms with Crippen LogP contribution in [0.2, 0.25) is 5.02 Å². The summed E-state index contributed by atoms with van der Waals surface area (Å²) in [5.74, 6) is 0.0154. The fourth-order valence-electron chi connectivity index (χ4n) is 1.97. The van der Waals surface area contributed by atoms with Crippen molar-refractivity contribution in [3.8, 4) is 0 Å². The third kappa shape index (κ3) is 3.98. The molecule has 0 saturated carbocycles. The summed E-state index contributed by atoms with van der Waals surface area (Å²) in [6, 6.07) is 7.29. The Morgan fingerprint density at radius 3 is 2.78 bits per heavy atom. The Hall–Kier alpha value is -1.10. The third-order valence-electron chi connectivity index (χ3n) is 3.01. The molecule has 1 amide bonds. The monoisotopic (exact) mass is 267 g/mol. The maximum atomic E-state index is 11.8. The number of carbonyl (C=O) groups is 1. The molecule has 1 aliphatic heterocycles. The van der Waals surface area contributed by atoms with E-state index in [4.69, 9.17) is 11.6 Å². The lowest BCUT2D eigenvalue weighted by molar-refractivity contribution is -0.116. The highest BCUT2D eigenvalue weighted by Gasteiger charge is 2.11. The molecule has 0 bridgehead atoms. The van der Waals surface area contributed by atoms with Crippen LogP contribution < -0.4 is 10.6 Å². The van der Waals surface area contributed by atoms with Gasteiger partial charge in [0.15, 0.2) is 0 Å². The fraction of sp³-hybridized carbons (Fsp3) is 0.462. The van der Waals surface area contributed by atoms with Crippen molar-refractivity contribution >= 4 is 23.2 Å². The van der Waals surface area contributed by atoms with Gasteiger partial charge in [-0.15, -0.1) is 0 Å². The highest BCUT2D eigenvalue weighted by atomic mass is 35.5. The SMILES string of the molecule is O=C(CCN1CCNCC1)Nc1ccccc1Cl. The van der Waals surface area contributed by atoms with E-state index in [0.29, 0.717) is 17.1 Å². The van der Waals surface area contributed by atoms with Gasteiger partial charge in [0, 0.05) is 39.1 Å². The van der Waals surface area contributed by atoms with Crippen LogP contribution >= 0.6 is 11.6 Å². The number of benzene rings is 1. The number of halogens is 1. The average molecular weight is 268 g/mol. The lowest BCUT2D eigenvalue weighted by Gasteiger charge is -2.26. The number of nitrogens with zero attached hydrogens (tertiary/aromatic N) is 1. The Bertz CT molecular complexity index is 405. The van der Waals surface area contributed by atoms with E-state index in [1.54, 1.807) is 6.07 Å². The molecule has 4 nitrogen and oxygen atoms in total. The molecule has 0 aliphatic carbocycles. The van der Waals surface area contributed by atoms with Gasteiger partial charge in [-0.05, 0) is 12.1 Å². The van der Waals surface area contributed by atoms with Gasteiger partial charge in [0.25, 0.3) is 0 Å². The van der Waals surface area contributed by atoms with Crippen LogP contribution in [0.1, 0.15) is 6.42 Å². The van der Waals surface area contributed by atoms with E-state index in [2.05, 4.69) is 15.5 Å². The molecule has 1 aromatic carbocycles. The zero-order valence-corrected chi connectivity index (χ0v) is 11.0. The van der Waals surface area contributed by atoms with Crippen molar-refractivity contribution in [1.82, 2.24) is 10.2 Å². The molecule has 5 heteroatoms. The molecule has 1 aliphatic rings. The second-order valence-electron chi connectivity index (χ2n) is 4.37. The van der Waals surface area contributed by atoms with Gasteiger partial charge >= 0.3 is 0 Å². The first kappa shape index (κ1) is 13.3. The second kappa shape index (κ2) is 6.73. The number of carbonyl (C=O) groups excluding carboxylic acids is 1. The maximum absolute atomic E-state index is 11.8. The van der Waals surface area contributed by atoms with Crippen molar-refractivity contribution < 1.29 is 4.79 Å². The third-order valence-corrected chi connectivity index (χ3v) is 3.34. The molecular formula is C13H18ClN3O. The summed E-state index contributed by atoms with van der Waals surface area (Å²) in [6.07, 6.45) is 0.505. The van der Waals surface area contributed by atoms with Gasteiger partial charge in [-0.1, -0.05) is 23.7 Å². The first-order valence-corrected chi connectivity index (χ1v) is 6.61. The highest BCUT2D eigenvalue weighted by Crippen LogP contribution is 2.20. The molecule has 2 rings (SSSR count). The minimum absolute atomic E-state index is 0.0154. The average Bonchev–Trinajstić information content (AvgIpc) is 2.40. The van der Waals surface area contributed by atoms with Crippen molar-refractivity contribution in [2.24, 2.45) is 0 Å².